The van der Waals surface area contributed by atoms with Crippen molar-refractivity contribution in [1.29, 1.82) is 0 Å². The Bertz CT molecular complexity index is 530. The maximum atomic E-state index is 5.73. The van der Waals surface area contributed by atoms with E-state index in [9.17, 15) is 0 Å². The number of anilines is 1. The van der Waals surface area contributed by atoms with E-state index in [2.05, 4.69) is 34.1 Å². The Morgan fingerprint density at radius 3 is 2.71 bits per heavy atom. The van der Waals surface area contributed by atoms with Crippen molar-refractivity contribution in [3.05, 3.63) is 36.0 Å². The molecule has 0 amide bonds. The van der Waals surface area contributed by atoms with Gasteiger partial charge in [-0.05, 0) is 25.0 Å². The first kappa shape index (κ1) is 10.5. The first-order valence-electron chi connectivity index (χ1n) is 6.22. The molecular formula is C14H17N3. The average molecular weight is 227 g/mol. The Kier molecular flexibility index (Phi) is 2.69. The van der Waals surface area contributed by atoms with Crippen LogP contribution in [-0.4, -0.2) is 18.1 Å². The summed E-state index contributed by atoms with van der Waals surface area (Å²) in [4.78, 5) is 7.02. The maximum absolute atomic E-state index is 5.73. The second-order valence-electron chi connectivity index (χ2n) is 4.55. The van der Waals surface area contributed by atoms with Crippen LogP contribution in [0.25, 0.3) is 10.9 Å². The summed E-state index contributed by atoms with van der Waals surface area (Å²) in [5.74, 6) is 0. The first-order chi connectivity index (χ1) is 8.38. The van der Waals surface area contributed by atoms with Crippen molar-refractivity contribution in [2.24, 2.45) is 5.73 Å². The third-order valence-corrected chi connectivity index (χ3v) is 3.40. The van der Waals surface area contributed by atoms with E-state index in [0.717, 1.165) is 24.3 Å². The normalized spacial score (nSPS) is 15.7. The fourth-order valence-corrected chi connectivity index (χ4v) is 2.53. The summed E-state index contributed by atoms with van der Waals surface area (Å²) in [6.45, 7) is 2.81. The second-order valence-corrected chi connectivity index (χ2v) is 4.55. The van der Waals surface area contributed by atoms with Gasteiger partial charge in [0.25, 0.3) is 0 Å². The van der Waals surface area contributed by atoms with Crippen molar-refractivity contribution < 1.29 is 0 Å². The van der Waals surface area contributed by atoms with Gasteiger partial charge in [0.05, 0.1) is 11.2 Å². The van der Waals surface area contributed by atoms with Gasteiger partial charge in [-0.15, -0.1) is 0 Å². The highest BCUT2D eigenvalue weighted by Crippen LogP contribution is 2.29. The Hall–Kier alpha value is -1.61. The van der Waals surface area contributed by atoms with Crippen LogP contribution in [0.4, 0.5) is 5.69 Å². The zero-order valence-corrected chi connectivity index (χ0v) is 9.89. The minimum absolute atomic E-state index is 0.506. The minimum atomic E-state index is 0.506. The number of fused-ring (bicyclic) bond motifs is 1. The van der Waals surface area contributed by atoms with E-state index in [1.165, 1.54) is 23.9 Å². The van der Waals surface area contributed by atoms with Gasteiger partial charge < -0.3 is 10.6 Å². The maximum Gasteiger partial charge on any atom is 0.0726 e. The molecule has 0 atom stereocenters. The van der Waals surface area contributed by atoms with Crippen LogP contribution in [-0.2, 0) is 6.54 Å². The number of nitrogens with zero attached hydrogens (tertiary/aromatic N) is 2. The van der Waals surface area contributed by atoms with Crippen molar-refractivity contribution in [3.8, 4) is 0 Å². The van der Waals surface area contributed by atoms with Crippen molar-refractivity contribution in [1.82, 2.24) is 4.98 Å². The molecule has 3 rings (SSSR count). The molecule has 1 aliphatic heterocycles. The smallest absolute Gasteiger partial charge is 0.0726 e. The molecule has 0 radical (unpaired) electrons. The fraction of sp³-hybridized carbons (Fsp3) is 0.357. The minimum Gasteiger partial charge on any atom is -0.371 e. The molecule has 0 saturated carbocycles. The highest BCUT2D eigenvalue weighted by Gasteiger charge is 2.15. The van der Waals surface area contributed by atoms with Gasteiger partial charge in [0.2, 0.25) is 0 Å². The molecule has 3 heteroatoms. The quantitative estimate of drug-likeness (QED) is 0.856. The summed E-state index contributed by atoms with van der Waals surface area (Å²) in [7, 11) is 0. The molecule has 2 N–H and O–H groups in total. The Balaban J connectivity index is 2.19. The van der Waals surface area contributed by atoms with Gasteiger partial charge in [-0.3, -0.25) is 4.98 Å². The standard InChI is InChI=1S/C14H17N3/c15-10-11-9-14(17-7-3-4-8-17)12-5-1-2-6-13(12)16-11/h1-2,5-6,9H,3-4,7-8,10,15H2. The summed E-state index contributed by atoms with van der Waals surface area (Å²) in [6.07, 6.45) is 2.57. The zero-order valence-electron chi connectivity index (χ0n) is 9.89. The van der Waals surface area contributed by atoms with E-state index in [4.69, 9.17) is 5.73 Å². The fourth-order valence-electron chi connectivity index (χ4n) is 2.53. The van der Waals surface area contributed by atoms with E-state index < -0.39 is 0 Å². The van der Waals surface area contributed by atoms with Crippen LogP contribution in [0.1, 0.15) is 18.5 Å². The van der Waals surface area contributed by atoms with Crippen molar-refractivity contribution >= 4 is 16.6 Å². The summed E-state index contributed by atoms with van der Waals surface area (Å²) < 4.78 is 0. The van der Waals surface area contributed by atoms with Gasteiger partial charge in [-0.2, -0.15) is 0 Å². The SMILES string of the molecule is NCc1cc(N2CCCC2)c2ccccc2n1. The summed E-state index contributed by atoms with van der Waals surface area (Å²) in [6, 6.07) is 10.5. The molecule has 1 aromatic carbocycles. The van der Waals surface area contributed by atoms with Gasteiger partial charge in [0, 0.05) is 30.7 Å². The number of benzene rings is 1. The van der Waals surface area contributed by atoms with Crippen LogP contribution in [0.3, 0.4) is 0 Å². The lowest BCUT2D eigenvalue weighted by Gasteiger charge is -2.20. The number of para-hydroxylation sites is 1. The Morgan fingerprint density at radius 2 is 1.94 bits per heavy atom. The molecule has 2 heterocycles. The third kappa shape index (κ3) is 1.87. The van der Waals surface area contributed by atoms with E-state index in [0.29, 0.717) is 6.54 Å². The number of aromatic nitrogens is 1. The highest BCUT2D eigenvalue weighted by molar-refractivity contribution is 5.92. The van der Waals surface area contributed by atoms with E-state index in [1.807, 2.05) is 6.07 Å². The molecule has 0 spiro atoms. The predicted molar refractivity (Wildman–Crippen MR) is 71.1 cm³/mol. The first-order valence-corrected chi connectivity index (χ1v) is 6.22. The molecule has 0 bridgehead atoms. The topological polar surface area (TPSA) is 42.1 Å². The van der Waals surface area contributed by atoms with E-state index in [-0.39, 0.29) is 0 Å². The molecule has 17 heavy (non-hydrogen) atoms. The van der Waals surface area contributed by atoms with Crippen LogP contribution in [0.15, 0.2) is 30.3 Å². The number of nitrogens with two attached hydrogens (primary N) is 1. The van der Waals surface area contributed by atoms with E-state index in [1.54, 1.807) is 0 Å². The second kappa shape index (κ2) is 4.34. The zero-order chi connectivity index (χ0) is 11.7. The largest absolute Gasteiger partial charge is 0.371 e. The third-order valence-electron chi connectivity index (χ3n) is 3.40. The highest BCUT2D eigenvalue weighted by atomic mass is 15.1. The Morgan fingerprint density at radius 1 is 1.18 bits per heavy atom. The molecule has 3 nitrogen and oxygen atoms in total. The lowest BCUT2D eigenvalue weighted by molar-refractivity contribution is 0.949. The molecule has 1 saturated heterocycles. The lowest BCUT2D eigenvalue weighted by atomic mass is 10.1. The van der Waals surface area contributed by atoms with Gasteiger partial charge in [0.1, 0.15) is 0 Å². The molecule has 0 aliphatic carbocycles. The van der Waals surface area contributed by atoms with Gasteiger partial charge in [-0.25, -0.2) is 0 Å². The molecule has 2 aromatic rings. The summed E-state index contributed by atoms with van der Waals surface area (Å²) >= 11 is 0. The van der Waals surface area contributed by atoms with Gasteiger partial charge >= 0.3 is 0 Å². The predicted octanol–water partition coefficient (Wildman–Crippen LogP) is 2.29. The van der Waals surface area contributed by atoms with Crippen molar-refractivity contribution in [2.75, 3.05) is 18.0 Å². The van der Waals surface area contributed by atoms with Gasteiger partial charge in [-0.1, -0.05) is 18.2 Å². The molecule has 1 aliphatic rings. The Labute approximate surface area is 101 Å². The number of pyridine rings is 1. The van der Waals surface area contributed by atoms with Crippen LogP contribution in [0, 0.1) is 0 Å². The molecular weight excluding hydrogens is 210 g/mol. The van der Waals surface area contributed by atoms with Crippen LogP contribution >= 0.6 is 0 Å². The average Bonchev–Trinajstić information content (AvgIpc) is 2.91. The number of rotatable bonds is 2. The lowest BCUT2D eigenvalue weighted by Crippen LogP contribution is -2.18. The molecule has 1 fully saturated rings. The van der Waals surface area contributed by atoms with Crippen LogP contribution in [0.5, 0.6) is 0 Å². The van der Waals surface area contributed by atoms with E-state index >= 15 is 0 Å². The summed E-state index contributed by atoms with van der Waals surface area (Å²) in [5.41, 5.74) is 9.06. The molecule has 88 valence electrons. The van der Waals surface area contributed by atoms with Crippen molar-refractivity contribution in [2.45, 2.75) is 19.4 Å². The molecule has 0 unspecified atom stereocenters. The summed E-state index contributed by atoms with van der Waals surface area (Å²) in [5, 5.41) is 1.24. The van der Waals surface area contributed by atoms with Crippen LogP contribution in [0.2, 0.25) is 0 Å². The van der Waals surface area contributed by atoms with Crippen molar-refractivity contribution in [3.63, 3.8) is 0 Å². The number of hydrogen-bond donors (Lipinski definition) is 1. The number of hydrogen-bond acceptors (Lipinski definition) is 3. The van der Waals surface area contributed by atoms with Crippen LogP contribution < -0.4 is 10.6 Å². The molecule has 1 aromatic heterocycles. The van der Waals surface area contributed by atoms with Gasteiger partial charge in [0.15, 0.2) is 0 Å². The monoisotopic (exact) mass is 227 g/mol.